The predicted octanol–water partition coefficient (Wildman–Crippen LogP) is 3.55. The third-order valence-electron chi connectivity index (χ3n) is 4.06. The average molecular weight is 343 g/mol. The maximum atomic E-state index is 11.2. The van der Waals surface area contributed by atoms with E-state index < -0.39 is 5.91 Å². The fraction of sp³-hybridized carbons (Fsp3) is 0.0500. The summed E-state index contributed by atoms with van der Waals surface area (Å²) in [5.41, 5.74) is 10.1. The highest BCUT2D eigenvalue weighted by molar-refractivity contribution is 5.93. The summed E-state index contributed by atoms with van der Waals surface area (Å²) in [5, 5.41) is 7.85. The summed E-state index contributed by atoms with van der Waals surface area (Å²) in [6, 6.07) is 20.9. The van der Waals surface area contributed by atoms with Gasteiger partial charge in [-0.25, -0.2) is 4.98 Å². The number of fused-ring (bicyclic) bond motifs is 1. The van der Waals surface area contributed by atoms with Gasteiger partial charge in [-0.05, 0) is 31.2 Å². The third kappa shape index (κ3) is 3.00. The van der Waals surface area contributed by atoms with E-state index in [1.165, 1.54) is 0 Å². The Hall–Kier alpha value is -3.67. The van der Waals surface area contributed by atoms with Crippen molar-refractivity contribution in [3.63, 3.8) is 0 Å². The minimum Gasteiger partial charge on any atom is -0.366 e. The molecule has 128 valence electrons. The molecular formula is C20H17N5O. The quantitative estimate of drug-likeness (QED) is 0.593. The van der Waals surface area contributed by atoms with Gasteiger partial charge < -0.3 is 11.1 Å². The van der Waals surface area contributed by atoms with Gasteiger partial charge in [-0.3, -0.25) is 4.79 Å². The average Bonchev–Trinajstić information content (AvgIpc) is 3.03. The van der Waals surface area contributed by atoms with Crippen LogP contribution < -0.4 is 11.1 Å². The van der Waals surface area contributed by atoms with Gasteiger partial charge in [-0.15, -0.1) is 0 Å². The number of rotatable bonds is 4. The summed E-state index contributed by atoms with van der Waals surface area (Å²) in [5.74, 6) is 0.339. The Balaban J connectivity index is 1.78. The standard InChI is InChI=1S/C20H17N5O/c1-13-11-18-23-17(14-5-3-2-4-6-14)12-19(25(18)24-13)22-16-9-7-15(8-10-16)20(21)26/h2-12,22H,1H3,(H2,21,26). The van der Waals surface area contributed by atoms with Crippen LogP contribution in [0.25, 0.3) is 16.9 Å². The molecule has 4 rings (SSSR count). The lowest BCUT2D eigenvalue weighted by molar-refractivity contribution is 0.100. The summed E-state index contributed by atoms with van der Waals surface area (Å²) in [6.45, 7) is 1.93. The Morgan fingerprint density at radius 1 is 1.04 bits per heavy atom. The number of nitrogens with two attached hydrogens (primary N) is 1. The second-order valence-electron chi connectivity index (χ2n) is 6.01. The number of aromatic nitrogens is 3. The Kier molecular flexibility index (Phi) is 3.85. The minimum atomic E-state index is -0.447. The molecule has 6 heteroatoms. The molecule has 0 radical (unpaired) electrons. The van der Waals surface area contributed by atoms with Crippen LogP contribution in [-0.2, 0) is 0 Å². The van der Waals surface area contributed by atoms with Crippen LogP contribution in [-0.4, -0.2) is 20.5 Å². The summed E-state index contributed by atoms with van der Waals surface area (Å²) >= 11 is 0. The first-order valence-corrected chi connectivity index (χ1v) is 8.20. The lowest BCUT2D eigenvalue weighted by atomic mass is 10.1. The van der Waals surface area contributed by atoms with Crippen molar-refractivity contribution < 1.29 is 4.79 Å². The molecule has 6 nitrogen and oxygen atoms in total. The van der Waals surface area contributed by atoms with E-state index in [0.29, 0.717) is 5.56 Å². The lowest BCUT2D eigenvalue weighted by Gasteiger charge is -2.11. The number of hydrogen-bond donors (Lipinski definition) is 2. The Morgan fingerprint density at radius 3 is 2.46 bits per heavy atom. The van der Waals surface area contributed by atoms with Gasteiger partial charge >= 0.3 is 0 Å². The molecule has 0 saturated carbocycles. The summed E-state index contributed by atoms with van der Waals surface area (Å²) in [4.78, 5) is 15.9. The number of carbonyl (C=O) groups is 1. The van der Waals surface area contributed by atoms with Crippen molar-refractivity contribution in [2.24, 2.45) is 5.73 Å². The molecule has 4 aromatic rings. The van der Waals surface area contributed by atoms with E-state index in [-0.39, 0.29) is 0 Å². The van der Waals surface area contributed by atoms with Crippen molar-refractivity contribution in [2.45, 2.75) is 6.92 Å². The number of hydrogen-bond acceptors (Lipinski definition) is 4. The molecule has 0 fully saturated rings. The van der Waals surface area contributed by atoms with Crippen LogP contribution >= 0.6 is 0 Å². The van der Waals surface area contributed by atoms with Crippen molar-refractivity contribution in [3.8, 4) is 11.3 Å². The molecule has 0 spiro atoms. The molecule has 26 heavy (non-hydrogen) atoms. The highest BCUT2D eigenvalue weighted by Crippen LogP contribution is 2.25. The minimum absolute atomic E-state index is 0.447. The predicted molar refractivity (Wildman–Crippen MR) is 101 cm³/mol. The van der Waals surface area contributed by atoms with Crippen molar-refractivity contribution in [3.05, 3.63) is 78.0 Å². The van der Waals surface area contributed by atoms with Crippen LogP contribution in [0.15, 0.2) is 66.7 Å². The fourth-order valence-electron chi connectivity index (χ4n) is 2.80. The smallest absolute Gasteiger partial charge is 0.248 e. The zero-order valence-electron chi connectivity index (χ0n) is 14.2. The molecule has 0 atom stereocenters. The second-order valence-corrected chi connectivity index (χ2v) is 6.01. The van der Waals surface area contributed by atoms with Crippen molar-refractivity contribution in [1.82, 2.24) is 14.6 Å². The normalized spacial score (nSPS) is 10.8. The van der Waals surface area contributed by atoms with Crippen molar-refractivity contribution in [1.29, 1.82) is 0 Å². The van der Waals surface area contributed by atoms with Crippen LogP contribution in [0.2, 0.25) is 0 Å². The van der Waals surface area contributed by atoms with E-state index in [0.717, 1.165) is 34.1 Å². The van der Waals surface area contributed by atoms with Gasteiger partial charge in [0.2, 0.25) is 5.91 Å². The maximum absolute atomic E-state index is 11.2. The lowest BCUT2D eigenvalue weighted by Crippen LogP contribution is -2.10. The van der Waals surface area contributed by atoms with Crippen LogP contribution in [0.4, 0.5) is 11.5 Å². The first-order chi connectivity index (χ1) is 12.6. The highest BCUT2D eigenvalue weighted by atomic mass is 16.1. The summed E-state index contributed by atoms with van der Waals surface area (Å²) in [6.07, 6.45) is 0. The van der Waals surface area contributed by atoms with Gasteiger partial charge in [-0.1, -0.05) is 30.3 Å². The number of nitrogens with zero attached hydrogens (tertiary/aromatic N) is 3. The maximum Gasteiger partial charge on any atom is 0.248 e. The Bertz CT molecular complexity index is 1080. The fourth-order valence-corrected chi connectivity index (χ4v) is 2.80. The molecular weight excluding hydrogens is 326 g/mol. The number of amides is 1. The molecule has 1 amide bonds. The first-order valence-electron chi connectivity index (χ1n) is 8.20. The number of benzene rings is 2. The van der Waals surface area contributed by atoms with Crippen LogP contribution in [0.3, 0.4) is 0 Å². The van der Waals surface area contributed by atoms with Gasteiger partial charge in [0.25, 0.3) is 0 Å². The molecule has 3 N–H and O–H groups in total. The Morgan fingerprint density at radius 2 is 1.77 bits per heavy atom. The summed E-state index contributed by atoms with van der Waals surface area (Å²) in [7, 11) is 0. The van der Waals surface area contributed by atoms with Gasteiger partial charge in [0.15, 0.2) is 5.65 Å². The van der Waals surface area contributed by atoms with Crippen molar-refractivity contribution in [2.75, 3.05) is 5.32 Å². The monoisotopic (exact) mass is 343 g/mol. The molecule has 2 heterocycles. The molecule has 2 aromatic heterocycles. The second kappa shape index (κ2) is 6.33. The number of anilines is 2. The van der Waals surface area contributed by atoms with E-state index in [4.69, 9.17) is 10.7 Å². The zero-order valence-corrected chi connectivity index (χ0v) is 14.2. The molecule has 0 aliphatic heterocycles. The molecule has 2 aromatic carbocycles. The van der Waals surface area contributed by atoms with Crippen molar-refractivity contribution >= 4 is 23.1 Å². The largest absolute Gasteiger partial charge is 0.366 e. The Labute approximate surface area is 150 Å². The van der Waals surface area contributed by atoms with E-state index in [1.54, 1.807) is 16.6 Å². The number of aryl methyl sites for hydroxylation is 1. The zero-order chi connectivity index (χ0) is 18.1. The topological polar surface area (TPSA) is 85.3 Å². The number of carbonyl (C=O) groups excluding carboxylic acids is 1. The van der Waals surface area contributed by atoms with Gasteiger partial charge in [0, 0.05) is 28.9 Å². The van der Waals surface area contributed by atoms with Gasteiger partial charge in [0.05, 0.1) is 11.4 Å². The highest BCUT2D eigenvalue weighted by Gasteiger charge is 2.10. The van der Waals surface area contributed by atoms with Crippen LogP contribution in [0, 0.1) is 6.92 Å². The summed E-state index contributed by atoms with van der Waals surface area (Å²) < 4.78 is 1.77. The van der Waals surface area contributed by atoms with Crippen LogP contribution in [0.5, 0.6) is 0 Å². The van der Waals surface area contributed by atoms with Gasteiger partial charge in [-0.2, -0.15) is 9.61 Å². The van der Waals surface area contributed by atoms with E-state index in [1.807, 2.05) is 61.5 Å². The molecule has 0 aliphatic rings. The van der Waals surface area contributed by atoms with Gasteiger partial charge in [0.1, 0.15) is 5.82 Å². The molecule has 0 bridgehead atoms. The van der Waals surface area contributed by atoms with E-state index in [9.17, 15) is 4.79 Å². The number of primary amides is 1. The first kappa shape index (κ1) is 15.8. The molecule has 0 unspecified atom stereocenters. The van der Waals surface area contributed by atoms with Crippen LogP contribution in [0.1, 0.15) is 16.1 Å². The number of nitrogens with one attached hydrogen (secondary N) is 1. The molecule has 0 aliphatic carbocycles. The molecule has 0 saturated heterocycles. The SMILES string of the molecule is Cc1cc2nc(-c3ccccc3)cc(Nc3ccc(C(N)=O)cc3)n2n1. The van der Waals surface area contributed by atoms with E-state index in [2.05, 4.69) is 10.4 Å². The third-order valence-corrected chi connectivity index (χ3v) is 4.06. The van der Waals surface area contributed by atoms with E-state index >= 15 is 0 Å².